The van der Waals surface area contributed by atoms with Crippen LogP contribution < -0.4 is 4.90 Å². The molecule has 0 saturated carbocycles. The molecule has 2 aromatic rings. The molecule has 2 aromatic heterocycles. The third-order valence-corrected chi connectivity index (χ3v) is 1.74. The Morgan fingerprint density at radius 2 is 2.25 bits per heavy atom. The van der Waals surface area contributed by atoms with E-state index in [4.69, 9.17) is 0 Å². The van der Waals surface area contributed by atoms with Crippen molar-refractivity contribution in [2.45, 2.75) is 0 Å². The van der Waals surface area contributed by atoms with Gasteiger partial charge in [-0.05, 0) is 12.1 Å². The summed E-state index contributed by atoms with van der Waals surface area (Å²) in [5.41, 5.74) is 1.03. The maximum absolute atomic E-state index is 4.17. The molecular weight excluding hydrogens is 152 g/mol. The second-order valence-corrected chi connectivity index (χ2v) is 2.82. The van der Waals surface area contributed by atoms with Crippen molar-refractivity contribution in [3.8, 4) is 0 Å². The van der Waals surface area contributed by atoms with Crippen LogP contribution in [0.15, 0.2) is 24.7 Å². The molecule has 4 nitrogen and oxygen atoms in total. The second-order valence-electron chi connectivity index (χ2n) is 2.82. The summed E-state index contributed by atoms with van der Waals surface area (Å²) in [5.74, 6) is 0.940. The van der Waals surface area contributed by atoms with Gasteiger partial charge in [0.05, 0.1) is 0 Å². The molecule has 0 unspecified atom stereocenters. The average molecular weight is 162 g/mol. The Hall–Kier alpha value is -1.58. The standard InChI is InChI=1S/C8H10N4/c1-11(2)8-7-4-3-5-12(7)10-6-9-8/h3-6H,1-2H3. The van der Waals surface area contributed by atoms with Crippen LogP contribution in [0.2, 0.25) is 0 Å². The molecule has 0 bridgehead atoms. The lowest BCUT2D eigenvalue weighted by Gasteiger charge is -2.11. The highest BCUT2D eigenvalue weighted by molar-refractivity contribution is 5.67. The van der Waals surface area contributed by atoms with E-state index in [9.17, 15) is 0 Å². The van der Waals surface area contributed by atoms with Gasteiger partial charge in [-0.15, -0.1) is 0 Å². The van der Waals surface area contributed by atoms with Crippen LogP contribution in [0.25, 0.3) is 5.52 Å². The van der Waals surface area contributed by atoms with Gasteiger partial charge >= 0.3 is 0 Å². The monoisotopic (exact) mass is 162 g/mol. The van der Waals surface area contributed by atoms with E-state index in [0.29, 0.717) is 0 Å². The van der Waals surface area contributed by atoms with Gasteiger partial charge in [-0.25, -0.2) is 9.50 Å². The minimum atomic E-state index is 0.940. The zero-order valence-corrected chi connectivity index (χ0v) is 7.10. The molecule has 4 heteroatoms. The lowest BCUT2D eigenvalue weighted by molar-refractivity contribution is 0.888. The Morgan fingerprint density at radius 1 is 1.42 bits per heavy atom. The minimum absolute atomic E-state index is 0.940. The number of hydrogen-bond acceptors (Lipinski definition) is 3. The highest BCUT2D eigenvalue weighted by atomic mass is 15.3. The van der Waals surface area contributed by atoms with E-state index >= 15 is 0 Å². The SMILES string of the molecule is CN(C)c1ncnn2cccc12. The van der Waals surface area contributed by atoms with E-state index in [1.54, 1.807) is 6.33 Å². The third-order valence-electron chi connectivity index (χ3n) is 1.74. The summed E-state index contributed by atoms with van der Waals surface area (Å²) in [6.07, 6.45) is 3.46. The first-order valence-electron chi connectivity index (χ1n) is 3.75. The van der Waals surface area contributed by atoms with E-state index < -0.39 is 0 Å². The Labute approximate surface area is 70.4 Å². The van der Waals surface area contributed by atoms with Gasteiger partial charge in [-0.3, -0.25) is 0 Å². The Kier molecular flexibility index (Phi) is 1.46. The predicted octanol–water partition coefficient (Wildman–Crippen LogP) is 0.795. The zero-order valence-electron chi connectivity index (χ0n) is 7.10. The van der Waals surface area contributed by atoms with Crippen molar-refractivity contribution >= 4 is 11.3 Å². The van der Waals surface area contributed by atoms with Gasteiger partial charge in [0.25, 0.3) is 0 Å². The molecule has 2 rings (SSSR count). The summed E-state index contributed by atoms with van der Waals surface area (Å²) in [7, 11) is 3.94. The fourth-order valence-corrected chi connectivity index (χ4v) is 1.20. The van der Waals surface area contributed by atoms with Crippen molar-refractivity contribution in [2.75, 3.05) is 19.0 Å². The Morgan fingerprint density at radius 3 is 3.00 bits per heavy atom. The number of fused-ring (bicyclic) bond motifs is 1. The lowest BCUT2D eigenvalue weighted by atomic mass is 10.5. The van der Waals surface area contributed by atoms with Gasteiger partial charge in [-0.2, -0.15) is 5.10 Å². The molecule has 0 amide bonds. The molecule has 0 saturated heterocycles. The first kappa shape index (κ1) is 7.09. The molecule has 0 fully saturated rings. The van der Waals surface area contributed by atoms with Gasteiger partial charge in [0.2, 0.25) is 0 Å². The molecule has 0 aliphatic carbocycles. The normalized spacial score (nSPS) is 10.5. The third kappa shape index (κ3) is 0.922. The van der Waals surface area contributed by atoms with Crippen LogP contribution in [-0.4, -0.2) is 28.7 Å². The molecule has 12 heavy (non-hydrogen) atoms. The van der Waals surface area contributed by atoms with Gasteiger partial charge in [0.15, 0.2) is 5.82 Å². The van der Waals surface area contributed by atoms with Crippen LogP contribution in [0.5, 0.6) is 0 Å². The fourth-order valence-electron chi connectivity index (χ4n) is 1.20. The zero-order chi connectivity index (χ0) is 8.55. The quantitative estimate of drug-likeness (QED) is 0.621. The summed E-state index contributed by atoms with van der Waals surface area (Å²) < 4.78 is 1.81. The number of aromatic nitrogens is 3. The molecule has 0 spiro atoms. The summed E-state index contributed by atoms with van der Waals surface area (Å²) in [5, 5.41) is 4.06. The van der Waals surface area contributed by atoms with Crippen molar-refractivity contribution in [1.29, 1.82) is 0 Å². The predicted molar refractivity (Wildman–Crippen MR) is 47.3 cm³/mol. The molecule has 0 aliphatic heterocycles. The largest absolute Gasteiger partial charge is 0.361 e. The van der Waals surface area contributed by atoms with Crippen molar-refractivity contribution in [3.05, 3.63) is 24.7 Å². The molecule has 0 aromatic carbocycles. The highest BCUT2D eigenvalue weighted by Gasteiger charge is 2.03. The summed E-state index contributed by atoms with van der Waals surface area (Å²) in [4.78, 5) is 6.14. The van der Waals surface area contributed by atoms with Gasteiger partial charge < -0.3 is 4.90 Å². The molecule has 2 heterocycles. The van der Waals surface area contributed by atoms with Crippen molar-refractivity contribution in [1.82, 2.24) is 14.6 Å². The van der Waals surface area contributed by atoms with E-state index in [0.717, 1.165) is 11.3 Å². The smallest absolute Gasteiger partial charge is 0.155 e. The topological polar surface area (TPSA) is 33.4 Å². The van der Waals surface area contributed by atoms with Gasteiger partial charge in [0.1, 0.15) is 11.8 Å². The fraction of sp³-hybridized carbons (Fsp3) is 0.250. The van der Waals surface area contributed by atoms with E-state index in [-0.39, 0.29) is 0 Å². The maximum Gasteiger partial charge on any atom is 0.155 e. The molecule has 0 atom stereocenters. The molecule has 0 radical (unpaired) electrons. The number of rotatable bonds is 1. The summed E-state index contributed by atoms with van der Waals surface area (Å²) in [6.45, 7) is 0. The minimum Gasteiger partial charge on any atom is -0.361 e. The van der Waals surface area contributed by atoms with Crippen LogP contribution in [-0.2, 0) is 0 Å². The van der Waals surface area contributed by atoms with Crippen molar-refractivity contribution < 1.29 is 0 Å². The van der Waals surface area contributed by atoms with Crippen LogP contribution in [0.4, 0.5) is 5.82 Å². The van der Waals surface area contributed by atoms with Gasteiger partial charge in [0, 0.05) is 20.3 Å². The van der Waals surface area contributed by atoms with Crippen LogP contribution in [0, 0.1) is 0 Å². The van der Waals surface area contributed by atoms with E-state index in [1.807, 2.05) is 41.8 Å². The lowest BCUT2D eigenvalue weighted by Crippen LogP contribution is -2.12. The van der Waals surface area contributed by atoms with Crippen LogP contribution in [0.1, 0.15) is 0 Å². The van der Waals surface area contributed by atoms with Crippen molar-refractivity contribution in [2.24, 2.45) is 0 Å². The summed E-state index contributed by atoms with van der Waals surface area (Å²) in [6, 6.07) is 3.95. The molecule has 0 N–H and O–H groups in total. The average Bonchev–Trinajstić information content (AvgIpc) is 2.49. The van der Waals surface area contributed by atoms with E-state index in [2.05, 4.69) is 10.1 Å². The summed E-state index contributed by atoms with van der Waals surface area (Å²) >= 11 is 0. The van der Waals surface area contributed by atoms with Crippen molar-refractivity contribution in [3.63, 3.8) is 0 Å². The van der Waals surface area contributed by atoms with E-state index in [1.165, 1.54) is 0 Å². The van der Waals surface area contributed by atoms with Crippen LogP contribution >= 0.6 is 0 Å². The first-order valence-corrected chi connectivity index (χ1v) is 3.75. The number of anilines is 1. The molecular formula is C8H10N4. The first-order chi connectivity index (χ1) is 5.79. The Bertz CT molecular complexity index is 391. The van der Waals surface area contributed by atoms with Crippen LogP contribution in [0.3, 0.4) is 0 Å². The highest BCUT2D eigenvalue weighted by Crippen LogP contribution is 2.14. The second kappa shape index (κ2) is 2.48. The number of hydrogen-bond donors (Lipinski definition) is 0. The number of nitrogens with zero attached hydrogens (tertiary/aromatic N) is 4. The molecule has 62 valence electrons. The van der Waals surface area contributed by atoms with Gasteiger partial charge in [-0.1, -0.05) is 0 Å². The maximum atomic E-state index is 4.17. The molecule has 0 aliphatic rings. The Balaban J connectivity index is 2.73.